The van der Waals surface area contributed by atoms with Crippen molar-refractivity contribution in [2.75, 3.05) is 17.7 Å². The number of nitrogens with one attached hydrogen (secondary N) is 1. The molecule has 2 aromatic carbocycles. The molecule has 0 saturated carbocycles. The van der Waals surface area contributed by atoms with Crippen LogP contribution in [0.5, 0.6) is 5.75 Å². The molecule has 0 atom stereocenters. The van der Waals surface area contributed by atoms with E-state index < -0.39 is 0 Å². The Labute approximate surface area is 182 Å². The molecule has 0 aliphatic rings. The number of ether oxygens (including phenoxy) is 1. The van der Waals surface area contributed by atoms with E-state index in [1.807, 2.05) is 31.2 Å². The van der Waals surface area contributed by atoms with Gasteiger partial charge in [0.2, 0.25) is 11.8 Å². The van der Waals surface area contributed by atoms with Crippen molar-refractivity contribution in [3.63, 3.8) is 0 Å². The second-order valence-electron chi connectivity index (χ2n) is 6.19. The molecule has 3 rings (SSSR count). The lowest BCUT2D eigenvalue weighted by Gasteiger charge is -2.07. The molecule has 0 fully saturated rings. The van der Waals surface area contributed by atoms with E-state index in [0.717, 1.165) is 11.3 Å². The summed E-state index contributed by atoms with van der Waals surface area (Å²) in [5.41, 5.74) is 1.89. The van der Waals surface area contributed by atoms with E-state index in [4.69, 9.17) is 32.4 Å². The van der Waals surface area contributed by atoms with Gasteiger partial charge in [-0.2, -0.15) is 0 Å². The third kappa shape index (κ3) is 6.96. The van der Waals surface area contributed by atoms with Crippen LogP contribution in [0.1, 0.15) is 17.9 Å². The van der Waals surface area contributed by atoms with Crippen LogP contribution in [0.4, 0.5) is 5.69 Å². The predicted molar refractivity (Wildman–Crippen MR) is 115 cm³/mol. The first-order chi connectivity index (χ1) is 14.0. The van der Waals surface area contributed by atoms with Gasteiger partial charge in [-0.3, -0.25) is 4.79 Å². The monoisotopic (exact) mass is 451 g/mol. The van der Waals surface area contributed by atoms with Gasteiger partial charge < -0.3 is 14.5 Å². The molecule has 9 heteroatoms. The van der Waals surface area contributed by atoms with Crippen LogP contribution in [-0.2, 0) is 11.2 Å². The first kappa shape index (κ1) is 21.5. The van der Waals surface area contributed by atoms with Crippen molar-refractivity contribution in [3.8, 4) is 5.75 Å². The highest BCUT2D eigenvalue weighted by Gasteiger charge is 2.10. The third-order valence-electron chi connectivity index (χ3n) is 3.80. The molecular weight excluding hydrogens is 433 g/mol. The fourth-order valence-corrected chi connectivity index (χ4v) is 3.40. The summed E-state index contributed by atoms with van der Waals surface area (Å²) in [6, 6.07) is 12.7. The average molecular weight is 452 g/mol. The van der Waals surface area contributed by atoms with Crippen LogP contribution in [0.2, 0.25) is 10.0 Å². The molecular formula is C20H19Cl2N3O3S. The van der Waals surface area contributed by atoms with E-state index >= 15 is 0 Å². The summed E-state index contributed by atoms with van der Waals surface area (Å²) in [6.45, 7) is 2.44. The molecule has 6 nitrogen and oxygen atoms in total. The van der Waals surface area contributed by atoms with Gasteiger partial charge in [-0.15, -0.1) is 10.2 Å². The van der Waals surface area contributed by atoms with Gasteiger partial charge >= 0.3 is 0 Å². The minimum Gasteiger partial charge on any atom is -0.492 e. The second-order valence-corrected chi connectivity index (χ2v) is 7.96. The molecule has 0 unspecified atom stereocenters. The van der Waals surface area contributed by atoms with Crippen molar-refractivity contribution < 1.29 is 13.9 Å². The van der Waals surface area contributed by atoms with Gasteiger partial charge in [0.1, 0.15) is 5.75 Å². The van der Waals surface area contributed by atoms with Gasteiger partial charge in [0.15, 0.2) is 0 Å². The predicted octanol–water partition coefficient (Wildman–Crippen LogP) is 5.43. The van der Waals surface area contributed by atoms with Gasteiger partial charge in [-0.05, 0) is 43.7 Å². The van der Waals surface area contributed by atoms with Crippen molar-refractivity contribution in [2.45, 2.75) is 25.0 Å². The minimum absolute atomic E-state index is 0.133. The Balaban J connectivity index is 1.37. The number of thioether (sulfide) groups is 1. The number of halogens is 2. The van der Waals surface area contributed by atoms with Crippen LogP contribution in [0, 0.1) is 6.92 Å². The summed E-state index contributed by atoms with van der Waals surface area (Å²) in [5.74, 6) is 1.13. The Hall–Kier alpha value is -2.22. The van der Waals surface area contributed by atoms with Crippen LogP contribution in [0.25, 0.3) is 0 Å². The van der Waals surface area contributed by atoms with Crippen molar-refractivity contribution in [3.05, 3.63) is 64.0 Å². The molecule has 0 radical (unpaired) electrons. The number of hydrogen-bond acceptors (Lipinski definition) is 6. The first-order valence-electron chi connectivity index (χ1n) is 8.89. The molecule has 152 valence electrons. The second kappa shape index (κ2) is 10.5. The highest BCUT2D eigenvalue weighted by atomic mass is 35.5. The lowest BCUT2D eigenvalue weighted by atomic mass is 10.2. The van der Waals surface area contributed by atoms with E-state index in [1.165, 1.54) is 11.8 Å². The summed E-state index contributed by atoms with van der Waals surface area (Å²) in [4.78, 5) is 12.0. The van der Waals surface area contributed by atoms with E-state index in [0.29, 0.717) is 46.4 Å². The third-order valence-corrected chi connectivity index (χ3v) is 5.15. The van der Waals surface area contributed by atoms with Crippen LogP contribution in [-0.4, -0.2) is 28.5 Å². The molecule has 1 aromatic heterocycles. The van der Waals surface area contributed by atoms with Gasteiger partial charge in [-0.25, -0.2) is 0 Å². The molecule has 0 spiro atoms. The number of benzene rings is 2. The van der Waals surface area contributed by atoms with Crippen LogP contribution in [0.15, 0.2) is 52.1 Å². The van der Waals surface area contributed by atoms with Crippen molar-refractivity contribution in [1.29, 1.82) is 0 Å². The summed E-state index contributed by atoms with van der Waals surface area (Å²) in [6.07, 6.45) is 1.24. The smallest absolute Gasteiger partial charge is 0.277 e. The average Bonchev–Trinajstić information content (AvgIpc) is 3.15. The van der Waals surface area contributed by atoms with Gasteiger partial charge in [0.05, 0.1) is 17.4 Å². The highest BCUT2D eigenvalue weighted by molar-refractivity contribution is 7.99. The molecule has 0 aliphatic carbocycles. The number of carbonyl (C=O) groups excluding carboxylic acids is 1. The molecule has 0 saturated heterocycles. The van der Waals surface area contributed by atoms with Gasteiger partial charge in [-0.1, -0.05) is 52.7 Å². The fraction of sp³-hybridized carbons (Fsp3) is 0.250. The van der Waals surface area contributed by atoms with Crippen LogP contribution in [0.3, 0.4) is 0 Å². The standard InChI is InChI=1S/C20H19Cl2N3O3S/c1-13-4-7-15(8-5-13)23-18(26)12-29-20-25-24-19(28-20)3-2-10-27-17-9-6-14(21)11-16(17)22/h4-9,11H,2-3,10,12H2,1H3,(H,23,26). The summed E-state index contributed by atoms with van der Waals surface area (Å²) < 4.78 is 11.2. The maximum absolute atomic E-state index is 12.0. The summed E-state index contributed by atoms with van der Waals surface area (Å²) in [5, 5.41) is 12.2. The maximum Gasteiger partial charge on any atom is 0.277 e. The van der Waals surface area contributed by atoms with E-state index in [2.05, 4.69) is 15.5 Å². The number of aryl methyl sites for hydroxylation is 2. The fourth-order valence-electron chi connectivity index (χ4n) is 2.36. The van der Waals surface area contributed by atoms with E-state index in [1.54, 1.807) is 18.2 Å². The molecule has 3 aromatic rings. The summed E-state index contributed by atoms with van der Waals surface area (Å²) in [7, 11) is 0. The van der Waals surface area contributed by atoms with Crippen molar-refractivity contribution >= 4 is 46.6 Å². The lowest BCUT2D eigenvalue weighted by Crippen LogP contribution is -2.13. The van der Waals surface area contributed by atoms with Crippen molar-refractivity contribution in [2.24, 2.45) is 0 Å². The molecule has 0 aliphatic heterocycles. The normalized spacial score (nSPS) is 10.7. The van der Waals surface area contributed by atoms with Crippen LogP contribution < -0.4 is 10.1 Å². The number of anilines is 1. The number of aromatic nitrogens is 2. The molecule has 1 amide bonds. The summed E-state index contributed by atoms with van der Waals surface area (Å²) >= 11 is 13.1. The van der Waals surface area contributed by atoms with E-state index in [9.17, 15) is 4.79 Å². The largest absolute Gasteiger partial charge is 0.492 e. The van der Waals surface area contributed by atoms with Crippen LogP contribution >= 0.6 is 35.0 Å². The number of carbonyl (C=O) groups is 1. The molecule has 29 heavy (non-hydrogen) atoms. The highest BCUT2D eigenvalue weighted by Crippen LogP contribution is 2.27. The number of rotatable bonds is 9. The van der Waals surface area contributed by atoms with Crippen molar-refractivity contribution in [1.82, 2.24) is 10.2 Å². The maximum atomic E-state index is 12.0. The Morgan fingerprint density at radius 3 is 2.72 bits per heavy atom. The zero-order valence-corrected chi connectivity index (χ0v) is 18.0. The Morgan fingerprint density at radius 2 is 1.97 bits per heavy atom. The number of hydrogen-bond donors (Lipinski definition) is 1. The first-order valence-corrected chi connectivity index (χ1v) is 10.6. The lowest BCUT2D eigenvalue weighted by molar-refractivity contribution is -0.113. The number of nitrogens with zero attached hydrogens (tertiary/aromatic N) is 2. The SMILES string of the molecule is Cc1ccc(NC(=O)CSc2nnc(CCCOc3ccc(Cl)cc3Cl)o2)cc1. The molecule has 1 heterocycles. The quantitative estimate of drug-likeness (QED) is 0.345. The molecule has 0 bridgehead atoms. The van der Waals surface area contributed by atoms with E-state index in [-0.39, 0.29) is 11.7 Å². The topological polar surface area (TPSA) is 77.2 Å². The number of amides is 1. The van der Waals surface area contributed by atoms with Gasteiger partial charge in [0.25, 0.3) is 5.22 Å². The zero-order chi connectivity index (χ0) is 20.6. The Bertz CT molecular complexity index is 964. The van der Waals surface area contributed by atoms with Gasteiger partial charge in [0, 0.05) is 17.1 Å². The zero-order valence-electron chi connectivity index (χ0n) is 15.7. The minimum atomic E-state index is -0.133. The molecule has 1 N–H and O–H groups in total. The Morgan fingerprint density at radius 1 is 1.17 bits per heavy atom. The Kier molecular flexibility index (Phi) is 7.80.